The van der Waals surface area contributed by atoms with Gasteiger partial charge in [0.2, 0.25) is 10.0 Å². The molecule has 0 N–H and O–H groups in total. The lowest BCUT2D eigenvalue weighted by Crippen LogP contribution is -2.54. The lowest BCUT2D eigenvalue weighted by Gasteiger charge is -2.36. The molecule has 1 aliphatic heterocycles. The molecule has 0 amide bonds. The predicted molar refractivity (Wildman–Crippen MR) is 85.4 cm³/mol. The number of hydrogen-bond acceptors (Lipinski definition) is 5. The van der Waals surface area contributed by atoms with Gasteiger partial charge in [-0.15, -0.1) is 0 Å². The Bertz CT molecular complexity index is 681. The van der Waals surface area contributed by atoms with Crippen LogP contribution in [0.2, 0.25) is 0 Å². The Morgan fingerprint density at radius 1 is 1.22 bits per heavy atom. The van der Waals surface area contributed by atoms with E-state index in [0.717, 1.165) is 9.87 Å². The fourth-order valence-electron chi connectivity index (χ4n) is 2.43. The van der Waals surface area contributed by atoms with Crippen LogP contribution in [0.25, 0.3) is 0 Å². The van der Waals surface area contributed by atoms with Gasteiger partial charge in [-0.3, -0.25) is 4.79 Å². The SMILES string of the molecule is CCO[C@@H]1C=CC(=O)[C@@H](COC)N1S(=O)(=O)c1ccc(C)cc1. The van der Waals surface area contributed by atoms with Crippen LogP contribution in [0, 0.1) is 6.92 Å². The van der Waals surface area contributed by atoms with E-state index < -0.39 is 22.3 Å². The maximum Gasteiger partial charge on any atom is 0.246 e. The van der Waals surface area contributed by atoms with Crippen LogP contribution in [0.4, 0.5) is 0 Å². The van der Waals surface area contributed by atoms with Crippen LogP contribution in [0.3, 0.4) is 0 Å². The number of aryl methyl sites for hydroxylation is 1. The highest BCUT2D eigenvalue weighted by atomic mass is 32.2. The number of nitrogens with zero attached hydrogens (tertiary/aromatic N) is 1. The first-order chi connectivity index (χ1) is 10.9. The minimum Gasteiger partial charge on any atom is -0.383 e. The molecule has 7 heteroatoms. The molecular weight excluding hydrogens is 318 g/mol. The molecule has 0 aromatic heterocycles. The van der Waals surface area contributed by atoms with E-state index in [1.807, 2.05) is 6.92 Å². The summed E-state index contributed by atoms with van der Waals surface area (Å²) in [4.78, 5) is 12.3. The van der Waals surface area contributed by atoms with Crippen molar-refractivity contribution in [1.29, 1.82) is 0 Å². The molecule has 1 aromatic rings. The molecule has 23 heavy (non-hydrogen) atoms. The van der Waals surface area contributed by atoms with Gasteiger partial charge >= 0.3 is 0 Å². The molecule has 1 aliphatic rings. The maximum atomic E-state index is 13.0. The Morgan fingerprint density at radius 3 is 2.43 bits per heavy atom. The molecule has 2 atom stereocenters. The van der Waals surface area contributed by atoms with Crippen molar-refractivity contribution in [3.05, 3.63) is 42.0 Å². The molecule has 2 rings (SSSR count). The number of methoxy groups -OCH3 is 1. The summed E-state index contributed by atoms with van der Waals surface area (Å²) < 4.78 is 37.7. The molecule has 1 aromatic carbocycles. The van der Waals surface area contributed by atoms with E-state index in [0.29, 0.717) is 6.61 Å². The van der Waals surface area contributed by atoms with Crippen molar-refractivity contribution in [1.82, 2.24) is 4.31 Å². The number of carbonyl (C=O) groups excluding carboxylic acids is 1. The molecule has 0 saturated heterocycles. The Morgan fingerprint density at radius 2 is 1.87 bits per heavy atom. The number of rotatable bonds is 6. The van der Waals surface area contributed by atoms with Gasteiger partial charge in [-0.25, -0.2) is 8.42 Å². The van der Waals surface area contributed by atoms with Crippen molar-refractivity contribution >= 4 is 15.8 Å². The first-order valence-corrected chi connectivity index (χ1v) is 8.78. The highest BCUT2D eigenvalue weighted by molar-refractivity contribution is 7.89. The van der Waals surface area contributed by atoms with Gasteiger partial charge in [0.25, 0.3) is 0 Å². The van der Waals surface area contributed by atoms with Crippen LogP contribution >= 0.6 is 0 Å². The average molecular weight is 339 g/mol. The maximum absolute atomic E-state index is 13.0. The lowest BCUT2D eigenvalue weighted by atomic mass is 10.1. The molecular formula is C16H21NO5S. The lowest BCUT2D eigenvalue weighted by molar-refractivity contribution is -0.124. The molecule has 1 heterocycles. The fourth-order valence-corrected chi connectivity index (χ4v) is 4.05. The second-order valence-corrected chi connectivity index (χ2v) is 7.07. The van der Waals surface area contributed by atoms with E-state index in [1.54, 1.807) is 19.1 Å². The third-order valence-corrected chi connectivity index (χ3v) is 5.46. The average Bonchev–Trinajstić information content (AvgIpc) is 2.51. The van der Waals surface area contributed by atoms with Crippen molar-refractivity contribution in [2.45, 2.75) is 31.0 Å². The van der Waals surface area contributed by atoms with Gasteiger partial charge in [0, 0.05) is 13.7 Å². The van der Waals surface area contributed by atoms with Crippen molar-refractivity contribution in [3.63, 3.8) is 0 Å². The number of benzene rings is 1. The Kier molecular flexibility index (Phi) is 5.69. The van der Waals surface area contributed by atoms with Crippen LogP contribution in [0.15, 0.2) is 41.3 Å². The summed E-state index contributed by atoms with van der Waals surface area (Å²) in [5.41, 5.74) is 0.952. The standard InChI is InChI=1S/C16H21NO5S/c1-4-22-16-10-9-15(18)14(11-21-3)17(16)23(19,20)13-7-5-12(2)6-8-13/h5-10,14,16H,4,11H2,1-3H3/t14-,16-/m1/s1. The smallest absolute Gasteiger partial charge is 0.246 e. The van der Waals surface area contributed by atoms with E-state index in [-0.39, 0.29) is 17.3 Å². The topological polar surface area (TPSA) is 72.9 Å². The zero-order valence-corrected chi connectivity index (χ0v) is 14.2. The summed E-state index contributed by atoms with van der Waals surface area (Å²) >= 11 is 0. The summed E-state index contributed by atoms with van der Waals surface area (Å²) in [7, 11) is -2.47. The molecule has 6 nitrogen and oxygen atoms in total. The minimum absolute atomic E-state index is 0.0299. The van der Waals surface area contributed by atoms with Crippen molar-refractivity contribution < 1.29 is 22.7 Å². The molecule has 0 spiro atoms. The first-order valence-electron chi connectivity index (χ1n) is 7.34. The summed E-state index contributed by atoms with van der Waals surface area (Å²) in [5.74, 6) is -0.321. The van der Waals surface area contributed by atoms with E-state index >= 15 is 0 Å². The van der Waals surface area contributed by atoms with E-state index in [1.165, 1.54) is 31.4 Å². The molecule has 0 bridgehead atoms. The second-order valence-electron chi connectivity index (χ2n) is 5.23. The monoisotopic (exact) mass is 339 g/mol. The molecule has 0 saturated carbocycles. The second kappa shape index (κ2) is 7.35. The van der Waals surface area contributed by atoms with Gasteiger partial charge in [0.05, 0.1) is 11.5 Å². The molecule has 126 valence electrons. The highest BCUT2D eigenvalue weighted by Gasteiger charge is 2.42. The number of ketones is 1. The van der Waals surface area contributed by atoms with E-state index in [9.17, 15) is 13.2 Å². The highest BCUT2D eigenvalue weighted by Crippen LogP contribution is 2.26. The van der Waals surface area contributed by atoms with Crippen molar-refractivity contribution in [2.75, 3.05) is 20.3 Å². The van der Waals surface area contributed by atoms with E-state index in [2.05, 4.69) is 0 Å². The van der Waals surface area contributed by atoms with Crippen LogP contribution in [0.1, 0.15) is 12.5 Å². The molecule has 0 radical (unpaired) electrons. The van der Waals surface area contributed by atoms with E-state index in [4.69, 9.17) is 9.47 Å². The van der Waals surface area contributed by atoms with Gasteiger partial charge < -0.3 is 9.47 Å². The summed E-state index contributed by atoms with van der Waals surface area (Å²) in [6.45, 7) is 3.94. The van der Waals surface area contributed by atoms with Gasteiger partial charge in [0.1, 0.15) is 12.3 Å². The Labute approximate surface area is 136 Å². The predicted octanol–water partition coefficient (Wildman–Crippen LogP) is 1.50. The van der Waals surface area contributed by atoms with Crippen LogP contribution in [-0.4, -0.2) is 51.1 Å². The van der Waals surface area contributed by atoms with Crippen LogP contribution in [0.5, 0.6) is 0 Å². The summed E-state index contributed by atoms with van der Waals surface area (Å²) in [5, 5.41) is 0. The molecule has 0 unspecified atom stereocenters. The number of ether oxygens (including phenoxy) is 2. The quantitative estimate of drug-likeness (QED) is 0.785. The van der Waals surface area contributed by atoms with Gasteiger partial charge in [0.15, 0.2) is 5.78 Å². The number of carbonyl (C=O) groups is 1. The molecule has 0 aliphatic carbocycles. The van der Waals surface area contributed by atoms with Crippen molar-refractivity contribution in [3.8, 4) is 0 Å². The zero-order chi connectivity index (χ0) is 17.0. The third-order valence-electron chi connectivity index (χ3n) is 3.57. The van der Waals surface area contributed by atoms with Crippen molar-refractivity contribution in [2.24, 2.45) is 0 Å². The zero-order valence-electron chi connectivity index (χ0n) is 13.4. The van der Waals surface area contributed by atoms with Gasteiger partial charge in [-0.1, -0.05) is 17.7 Å². The number of hydrogen-bond donors (Lipinski definition) is 0. The Balaban J connectivity index is 2.49. The normalized spacial score (nSPS) is 22.5. The Hall–Kier alpha value is -1.54. The first kappa shape index (κ1) is 17.8. The largest absolute Gasteiger partial charge is 0.383 e. The summed E-state index contributed by atoms with van der Waals surface area (Å²) in [6.07, 6.45) is 1.98. The third kappa shape index (κ3) is 3.69. The van der Waals surface area contributed by atoms with Crippen LogP contribution in [-0.2, 0) is 24.3 Å². The van der Waals surface area contributed by atoms with Gasteiger partial charge in [-0.05, 0) is 38.1 Å². The number of sulfonamides is 1. The van der Waals surface area contributed by atoms with Crippen LogP contribution < -0.4 is 0 Å². The fraction of sp³-hybridized carbons (Fsp3) is 0.438. The minimum atomic E-state index is -3.90. The molecule has 0 fully saturated rings. The summed E-state index contributed by atoms with van der Waals surface area (Å²) in [6, 6.07) is 5.55. The van der Waals surface area contributed by atoms with Gasteiger partial charge in [-0.2, -0.15) is 4.31 Å².